The molecule has 1 heterocycles. The van der Waals surface area contributed by atoms with E-state index < -0.39 is 0 Å². The number of nitrogens with one attached hydrogen (secondary N) is 1. The van der Waals surface area contributed by atoms with Crippen molar-refractivity contribution in [3.05, 3.63) is 28.8 Å². The third-order valence-electron chi connectivity index (χ3n) is 3.58. The van der Waals surface area contributed by atoms with Crippen LogP contribution in [0.4, 0.5) is 0 Å². The number of methoxy groups -OCH3 is 1. The highest BCUT2D eigenvalue weighted by molar-refractivity contribution is 6.31. The maximum atomic E-state index is 12.5. The molecule has 2 rings (SSSR count). The zero-order chi connectivity index (χ0) is 13.8. The van der Waals surface area contributed by atoms with E-state index in [0.717, 1.165) is 25.9 Å². The van der Waals surface area contributed by atoms with Crippen molar-refractivity contribution >= 4 is 17.5 Å². The van der Waals surface area contributed by atoms with Crippen LogP contribution in [0, 0.1) is 0 Å². The summed E-state index contributed by atoms with van der Waals surface area (Å²) in [6.07, 6.45) is 1.95. The van der Waals surface area contributed by atoms with Crippen LogP contribution >= 0.6 is 11.6 Å². The summed E-state index contributed by atoms with van der Waals surface area (Å²) in [7, 11) is 3.52. The Balaban J connectivity index is 2.14. The second-order valence-electron chi connectivity index (χ2n) is 4.70. The third kappa shape index (κ3) is 3.19. The van der Waals surface area contributed by atoms with E-state index in [1.807, 2.05) is 11.9 Å². The van der Waals surface area contributed by atoms with Gasteiger partial charge in [0.25, 0.3) is 5.91 Å². The van der Waals surface area contributed by atoms with Gasteiger partial charge in [0.1, 0.15) is 5.75 Å². The summed E-state index contributed by atoms with van der Waals surface area (Å²) in [6.45, 7) is 1.53. The highest BCUT2D eigenvalue weighted by Gasteiger charge is 2.24. The molecule has 5 heteroatoms. The first-order valence-electron chi connectivity index (χ1n) is 6.45. The molecule has 0 unspecified atom stereocenters. The van der Waals surface area contributed by atoms with Crippen molar-refractivity contribution in [1.82, 2.24) is 10.2 Å². The molecule has 1 aliphatic rings. The Hall–Kier alpha value is -1.26. The lowest BCUT2D eigenvalue weighted by molar-refractivity contribution is 0.0704. The van der Waals surface area contributed by atoms with Crippen LogP contribution in [-0.4, -0.2) is 44.1 Å². The quantitative estimate of drug-likeness (QED) is 0.924. The minimum absolute atomic E-state index is 0.00565. The molecule has 0 radical (unpaired) electrons. The Bertz CT molecular complexity index is 457. The fourth-order valence-electron chi connectivity index (χ4n) is 2.39. The van der Waals surface area contributed by atoms with Crippen LogP contribution in [0.3, 0.4) is 0 Å². The molecular formula is C14H19ClN2O2. The fourth-order valence-corrected chi connectivity index (χ4v) is 2.56. The molecule has 1 aliphatic heterocycles. The highest BCUT2D eigenvalue weighted by Crippen LogP contribution is 2.25. The molecule has 0 saturated carbocycles. The molecule has 0 bridgehead atoms. The van der Waals surface area contributed by atoms with E-state index in [1.54, 1.807) is 25.3 Å². The fraction of sp³-hybridized carbons (Fsp3) is 0.500. The van der Waals surface area contributed by atoms with Gasteiger partial charge in [-0.2, -0.15) is 0 Å². The van der Waals surface area contributed by atoms with Gasteiger partial charge in [-0.3, -0.25) is 4.79 Å². The van der Waals surface area contributed by atoms with Gasteiger partial charge >= 0.3 is 0 Å². The van der Waals surface area contributed by atoms with Gasteiger partial charge in [-0.25, -0.2) is 0 Å². The molecule has 1 aromatic rings. The number of likely N-dealkylation sites (tertiary alicyclic amines) is 1. The number of benzene rings is 1. The van der Waals surface area contributed by atoms with E-state index in [2.05, 4.69) is 5.32 Å². The Morgan fingerprint density at radius 2 is 2.11 bits per heavy atom. The Morgan fingerprint density at radius 3 is 2.68 bits per heavy atom. The molecule has 1 saturated heterocycles. The largest absolute Gasteiger partial charge is 0.496 e. The molecule has 1 aromatic carbocycles. The number of piperidine rings is 1. The van der Waals surface area contributed by atoms with Gasteiger partial charge in [-0.1, -0.05) is 11.6 Å². The Morgan fingerprint density at radius 1 is 1.42 bits per heavy atom. The lowest BCUT2D eigenvalue weighted by atomic mass is 10.0. The van der Waals surface area contributed by atoms with Crippen LogP contribution in [-0.2, 0) is 0 Å². The molecule has 4 nitrogen and oxygen atoms in total. The SMILES string of the molecule is CNC1CCN(C(=O)c2cc(Cl)ccc2OC)CC1. The number of hydrogen-bond acceptors (Lipinski definition) is 3. The topological polar surface area (TPSA) is 41.6 Å². The zero-order valence-electron chi connectivity index (χ0n) is 11.3. The number of rotatable bonds is 3. The molecule has 0 atom stereocenters. The Kier molecular flexibility index (Phi) is 4.66. The van der Waals surface area contributed by atoms with Gasteiger partial charge in [-0.15, -0.1) is 0 Å². The van der Waals surface area contributed by atoms with Crippen molar-refractivity contribution in [1.29, 1.82) is 0 Å². The van der Waals surface area contributed by atoms with Crippen LogP contribution in [0.25, 0.3) is 0 Å². The molecule has 104 valence electrons. The minimum Gasteiger partial charge on any atom is -0.496 e. The van der Waals surface area contributed by atoms with E-state index in [1.165, 1.54) is 0 Å². The normalized spacial score (nSPS) is 16.5. The van der Waals surface area contributed by atoms with E-state index in [9.17, 15) is 4.79 Å². The second kappa shape index (κ2) is 6.26. The Labute approximate surface area is 118 Å². The van der Waals surface area contributed by atoms with E-state index in [0.29, 0.717) is 22.4 Å². The monoisotopic (exact) mass is 282 g/mol. The molecule has 0 aliphatic carbocycles. The first kappa shape index (κ1) is 14.2. The number of carbonyl (C=O) groups excluding carboxylic acids is 1. The predicted molar refractivity (Wildman–Crippen MR) is 76.0 cm³/mol. The molecular weight excluding hydrogens is 264 g/mol. The number of carbonyl (C=O) groups is 1. The van der Waals surface area contributed by atoms with Gasteiger partial charge in [0.05, 0.1) is 12.7 Å². The van der Waals surface area contributed by atoms with Crippen molar-refractivity contribution < 1.29 is 9.53 Å². The van der Waals surface area contributed by atoms with Gasteiger partial charge in [0, 0.05) is 24.2 Å². The van der Waals surface area contributed by atoms with Crippen LogP contribution in [0.5, 0.6) is 5.75 Å². The lowest BCUT2D eigenvalue weighted by Gasteiger charge is -2.32. The number of hydrogen-bond donors (Lipinski definition) is 1. The molecule has 1 N–H and O–H groups in total. The number of amides is 1. The minimum atomic E-state index is -0.00565. The maximum Gasteiger partial charge on any atom is 0.257 e. The average molecular weight is 283 g/mol. The van der Waals surface area contributed by atoms with Crippen LogP contribution in [0.2, 0.25) is 5.02 Å². The standard InChI is InChI=1S/C14H19ClN2O2/c1-16-11-5-7-17(8-6-11)14(18)12-9-10(15)3-4-13(12)19-2/h3-4,9,11,16H,5-8H2,1-2H3. The van der Waals surface area contributed by atoms with E-state index in [4.69, 9.17) is 16.3 Å². The van der Waals surface area contributed by atoms with Crippen LogP contribution in [0.15, 0.2) is 18.2 Å². The van der Waals surface area contributed by atoms with E-state index >= 15 is 0 Å². The zero-order valence-corrected chi connectivity index (χ0v) is 12.0. The molecule has 1 fully saturated rings. The second-order valence-corrected chi connectivity index (χ2v) is 5.14. The number of nitrogens with zero attached hydrogens (tertiary/aromatic N) is 1. The van der Waals surface area contributed by atoms with Crippen molar-refractivity contribution in [2.24, 2.45) is 0 Å². The first-order chi connectivity index (χ1) is 9.15. The first-order valence-corrected chi connectivity index (χ1v) is 6.83. The molecule has 0 aromatic heterocycles. The van der Waals surface area contributed by atoms with Gasteiger partial charge in [-0.05, 0) is 38.1 Å². The van der Waals surface area contributed by atoms with Crippen molar-refractivity contribution in [2.45, 2.75) is 18.9 Å². The summed E-state index contributed by atoms with van der Waals surface area (Å²) in [5, 5.41) is 3.80. The van der Waals surface area contributed by atoms with Crippen molar-refractivity contribution in [2.75, 3.05) is 27.2 Å². The van der Waals surface area contributed by atoms with Crippen LogP contribution < -0.4 is 10.1 Å². The summed E-state index contributed by atoms with van der Waals surface area (Å²) in [5.74, 6) is 0.569. The average Bonchev–Trinajstić information content (AvgIpc) is 2.46. The summed E-state index contributed by atoms with van der Waals surface area (Å²) in [4.78, 5) is 14.4. The maximum absolute atomic E-state index is 12.5. The predicted octanol–water partition coefficient (Wildman–Crippen LogP) is 2.17. The summed E-state index contributed by atoms with van der Waals surface area (Å²) < 4.78 is 5.24. The van der Waals surface area contributed by atoms with Crippen LogP contribution in [0.1, 0.15) is 23.2 Å². The van der Waals surface area contributed by atoms with Gasteiger partial charge in [0.2, 0.25) is 0 Å². The molecule has 0 spiro atoms. The summed E-state index contributed by atoms with van der Waals surface area (Å²) in [6, 6.07) is 5.64. The smallest absolute Gasteiger partial charge is 0.257 e. The van der Waals surface area contributed by atoms with Crippen molar-refractivity contribution in [3.8, 4) is 5.75 Å². The highest BCUT2D eigenvalue weighted by atomic mass is 35.5. The third-order valence-corrected chi connectivity index (χ3v) is 3.82. The van der Waals surface area contributed by atoms with E-state index in [-0.39, 0.29) is 5.91 Å². The van der Waals surface area contributed by atoms with Gasteiger partial charge in [0.15, 0.2) is 0 Å². The summed E-state index contributed by atoms with van der Waals surface area (Å²) in [5.41, 5.74) is 0.540. The van der Waals surface area contributed by atoms with Crippen molar-refractivity contribution in [3.63, 3.8) is 0 Å². The van der Waals surface area contributed by atoms with Gasteiger partial charge < -0.3 is 15.0 Å². The lowest BCUT2D eigenvalue weighted by Crippen LogP contribution is -2.44. The molecule has 1 amide bonds. The molecule has 19 heavy (non-hydrogen) atoms. The number of halogens is 1. The number of ether oxygens (including phenoxy) is 1. The summed E-state index contributed by atoms with van der Waals surface area (Å²) >= 11 is 5.97.